The highest BCUT2D eigenvalue weighted by atomic mass is 16.4. The summed E-state index contributed by atoms with van der Waals surface area (Å²) in [6, 6.07) is 0.967. The Kier molecular flexibility index (Phi) is 6.57. The Morgan fingerprint density at radius 2 is 1.84 bits per heavy atom. The van der Waals surface area contributed by atoms with Gasteiger partial charge in [-0.3, -0.25) is 9.59 Å². The first-order valence-electron chi connectivity index (χ1n) is 13.2. The van der Waals surface area contributed by atoms with Crippen molar-refractivity contribution in [2.75, 3.05) is 0 Å². The van der Waals surface area contributed by atoms with Crippen molar-refractivity contribution in [1.29, 1.82) is 0 Å². The molecule has 0 aliphatic heterocycles. The van der Waals surface area contributed by atoms with Crippen LogP contribution in [0.2, 0.25) is 0 Å². The molecule has 0 aromatic heterocycles. The number of fused-ring (bicyclic) bond motifs is 5. The molecule has 3 N–H and O–H groups in total. The molecule has 2 unspecified atom stereocenters. The largest absolute Gasteiger partial charge is 0.481 e. The van der Waals surface area contributed by atoms with Crippen LogP contribution in [-0.4, -0.2) is 40.2 Å². The Balaban J connectivity index is 1.56. The first-order chi connectivity index (χ1) is 15.0. The first kappa shape index (κ1) is 24.2. The molecule has 0 amide bonds. The van der Waals surface area contributed by atoms with Crippen molar-refractivity contribution < 1.29 is 19.8 Å². The van der Waals surface area contributed by atoms with E-state index in [2.05, 4.69) is 39.9 Å². The third-order valence-electron chi connectivity index (χ3n) is 10.7. The number of carbonyl (C=O) groups excluding carboxylic acids is 1. The van der Waals surface area contributed by atoms with E-state index in [1.807, 2.05) is 0 Å². The highest BCUT2D eigenvalue weighted by molar-refractivity contribution is 5.83. The molecule has 32 heavy (non-hydrogen) atoms. The van der Waals surface area contributed by atoms with E-state index < -0.39 is 12.1 Å². The number of Topliss-reactive ketones (excluding diaryl/α,β-unsaturated/α-hetero) is 1. The number of carboxylic acid groups (broad SMARTS) is 1. The summed E-state index contributed by atoms with van der Waals surface area (Å²) < 4.78 is 0. The van der Waals surface area contributed by atoms with Crippen molar-refractivity contribution >= 4 is 11.8 Å². The summed E-state index contributed by atoms with van der Waals surface area (Å²) >= 11 is 0. The van der Waals surface area contributed by atoms with E-state index in [0.29, 0.717) is 42.5 Å². The fraction of sp³-hybridized carbons (Fsp3) is 0.926. The van der Waals surface area contributed by atoms with Gasteiger partial charge in [-0.15, -0.1) is 0 Å². The Morgan fingerprint density at radius 3 is 2.50 bits per heavy atom. The maximum atomic E-state index is 13.7. The number of hydrogen-bond acceptors (Lipinski definition) is 4. The molecule has 4 saturated carbocycles. The van der Waals surface area contributed by atoms with E-state index in [1.54, 1.807) is 0 Å². The second-order valence-corrected chi connectivity index (χ2v) is 12.6. The van der Waals surface area contributed by atoms with Crippen LogP contribution >= 0.6 is 0 Å². The molecule has 0 bridgehead atoms. The number of aliphatic hydroxyl groups excluding tert-OH is 1. The van der Waals surface area contributed by atoms with E-state index >= 15 is 0 Å². The van der Waals surface area contributed by atoms with Crippen LogP contribution in [0.25, 0.3) is 0 Å². The zero-order valence-corrected chi connectivity index (χ0v) is 20.8. The van der Waals surface area contributed by atoms with Gasteiger partial charge in [0.1, 0.15) is 5.78 Å². The summed E-state index contributed by atoms with van der Waals surface area (Å²) in [5, 5.41) is 24.5. The van der Waals surface area contributed by atoms with Gasteiger partial charge >= 0.3 is 5.97 Å². The molecular formula is C27H45NO4. The van der Waals surface area contributed by atoms with Gasteiger partial charge in [-0.05, 0) is 80.0 Å². The van der Waals surface area contributed by atoms with Crippen molar-refractivity contribution in [1.82, 2.24) is 5.32 Å². The van der Waals surface area contributed by atoms with Crippen LogP contribution in [-0.2, 0) is 9.59 Å². The molecule has 10 atom stereocenters. The van der Waals surface area contributed by atoms with Gasteiger partial charge in [-0.25, -0.2) is 0 Å². The minimum absolute atomic E-state index is 0.0796. The molecule has 0 saturated heterocycles. The van der Waals surface area contributed by atoms with E-state index in [-0.39, 0.29) is 40.9 Å². The van der Waals surface area contributed by atoms with Gasteiger partial charge in [0, 0.05) is 36.3 Å². The summed E-state index contributed by atoms with van der Waals surface area (Å²) in [7, 11) is 0. The van der Waals surface area contributed by atoms with Crippen molar-refractivity contribution in [3.63, 3.8) is 0 Å². The SMILES string of the molecule is CC(C)NC1CC[C@@]2(C)[C@H](CC(=O)[C@@H]3[C@@H]2CC(O)[C@]2(C)[C@@H]([C@H](C)CCC(=O)O)CC[C@@H]32)C1. The second-order valence-electron chi connectivity index (χ2n) is 12.6. The molecule has 0 heterocycles. The molecule has 0 radical (unpaired) electrons. The van der Waals surface area contributed by atoms with E-state index in [4.69, 9.17) is 5.11 Å². The summed E-state index contributed by atoms with van der Waals surface area (Å²) in [6.07, 6.45) is 7.28. The minimum Gasteiger partial charge on any atom is -0.481 e. The number of aliphatic carboxylic acids is 1. The average molecular weight is 448 g/mol. The number of rotatable bonds is 6. The highest BCUT2D eigenvalue weighted by Crippen LogP contribution is 2.67. The van der Waals surface area contributed by atoms with Crippen LogP contribution in [0, 0.1) is 46.3 Å². The zero-order chi connectivity index (χ0) is 23.4. The predicted octanol–water partition coefficient (Wildman–Crippen LogP) is 4.66. The average Bonchev–Trinajstić information content (AvgIpc) is 3.06. The number of hydrogen-bond donors (Lipinski definition) is 3. The second kappa shape index (κ2) is 8.69. The summed E-state index contributed by atoms with van der Waals surface area (Å²) in [6.45, 7) is 11.2. The van der Waals surface area contributed by atoms with Gasteiger partial charge in [0.25, 0.3) is 0 Å². The van der Waals surface area contributed by atoms with Gasteiger partial charge < -0.3 is 15.5 Å². The topological polar surface area (TPSA) is 86.6 Å². The van der Waals surface area contributed by atoms with Crippen LogP contribution in [0.15, 0.2) is 0 Å². The molecule has 4 fully saturated rings. The molecular weight excluding hydrogens is 402 g/mol. The predicted molar refractivity (Wildman–Crippen MR) is 125 cm³/mol. The smallest absolute Gasteiger partial charge is 0.303 e. The molecule has 5 heteroatoms. The molecule has 0 spiro atoms. The Labute approximate surface area is 194 Å². The number of nitrogens with one attached hydrogen (secondary N) is 1. The first-order valence-corrected chi connectivity index (χ1v) is 13.2. The van der Waals surface area contributed by atoms with Crippen LogP contribution in [0.5, 0.6) is 0 Å². The molecule has 5 nitrogen and oxygen atoms in total. The molecule has 0 aromatic rings. The van der Waals surface area contributed by atoms with E-state index in [0.717, 1.165) is 38.5 Å². The Hall–Kier alpha value is -0.940. The van der Waals surface area contributed by atoms with Gasteiger partial charge in [0.05, 0.1) is 6.10 Å². The van der Waals surface area contributed by atoms with Gasteiger partial charge in [-0.1, -0.05) is 34.6 Å². The van der Waals surface area contributed by atoms with Crippen molar-refractivity contribution in [2.45, 2.75) is 111 Å². The molecule has 4 aliphatic carbocycles. The Morgan fingerprint density at radius 1 is 1.12 bits per heavy atom. The van der Waals surface area contributed by atoms with Gasteiger partial charge in [0.15, 0.2) is 0 Å². The van der Waals surface area contributed by atoms with E-state index in [1.165, 1.54) is 0 Å². The summed E-state index contributed by atoms with van der Waals surface area (Å²) in [4.78, 5) is 24.8. The lowest BCUT2D eigenvalue weighted by atomic mass is 9.43. The molecule has 182 valence electrons. The van der Waals surface area contributed by atoms with Crippen molar-refractivity contribution in [3.05, 3.63) is 0 Å². The summed E-state index contributed by atoms with van der Waals surface area (Å²) in [5.74, 6) is 1.29. The fourth-order valence-electron chi connectivity index (χ4n) is 9.04. The van der Waals surface area contributed by atoms with Crippen LogP contribution in [0.1, 0.15) is 92.4 Å². The zero-order valence-electron chi connectivity index (χ0n) is 20.8. The normalized spacial score (nSPS) is 47.0. The molecule has 4 aliphatic rings. The minimum atomic E-state index is -0.746. The highest BCUT2D eigenvalue weighted by Gasteiger charge is 2.65. The quantitative estimate of drug-likeness (QED) is 0.551. The lowest BCUT2D eigenvalue weighted by Crippen LogP contribution is -2.62. The van der Waals surface area contributed by atoms with Crippen LogP contribution in [0.3, 0.4) is 0 Å². The lowest BCUT2D eigenvalue weighted by molar-refractivity contribution is -0.179. The third kappa shape index (κ3) is 3.85. The monoisotopic (exact) mass is 447 g/mol. The number of carbonyl (C=O) groups is 2. The maximum Gasteiger partial charge on any atom is 0.303 e. The van der Waals surface area contributed by atoms with Gasteiger partial charge in [0.2, 0.25) is 0 Å². The summed E-state index contributed by atoms with van der Waals surface area (Å²) in [5.41, 5.74) is -0.128. The van der Waals surface area contributed by atoms with Crippen LogP contribution in [0.4, 0.5) is 0 Å². The van der Waals surface area contributed by atoms with Gasteiger partial charge in [-0.2, -0.15) is 0 Å². The molecule has 4 rings (SSSR count). The third-order valence-corrected chi connectivity index (χ3v) is 10.7. The fourth-order valence-corrected chi connectivity index (χ4v) is 9.04. The number of ketones is 1. The lowest BCUT2D eigenvalue weighted by Gasteiger charge is -2.62. The number of carboxylic acids is 1. The molecule has 0 aromatic carbocycles. The van der Waals surface area contributed by atoms with Crippen molar-refractivity contribution in [2.24, 2.45) is 46.3 Å². The maximum absolute atomic E-state index is 13.7. The Bertz CT molecular complexity index is 737. The van der Waals surface area contributed by atoms with Crippen LogP contribution < -0.4 is 5.32 Å². The van der Waals surface area contributed by atoms with Crippen molar-refractivity contribution in [3.8, 4) is 0 Å². The number of aliphatic hydroxyl groups is 1. The standard InChI is InChI=1S/C27H45NO4/c1-15(2)28-18-10-11-26(4)17(12-18)13-22(29)25-20-8-7-19(16(3)6-9-24(31)32)27(20,5)23(30)14-21(25)26/h15-21,23,25,28,30H,6-14H2,1-5H3,(H,31,32)/t16-,17+,18?,19-,20+,21+,23?,25+,26+,27-/m1/s1. The van der Waals surface area contributed by atoms with E-state index in [9.17, 15) is 14.7 Å².